The number of nitrogens with zero attached hydrogens (tertiary/aromatic N) is 1. The van der Waals surface area contributed by atoms with Crippen molar-refractivity contribution in [3.05, 3.63) is 64.7 Å². The van der Waals surface area contributed by atoms with Gasteiger partial charge in [0, 0.05) is 24.2 Å². The third-order valence-corrected chi connectivity index (χ3v) is 12.7. The van der Waals surface area contributed by atoms with Crippen LogP contribution in [0.1, 0.15) is 81.5 Å². The van der Waals surface area contributed by atoms with Gasteiger partial charge < -0.3 is 30.5 Å². The van der Waals surface area contributed by atoms with Crippen LogP contribution >= 0.6 is 0 Å². The van der Waals surface area contributed by atoms with E-state index in [2.05, 4.69) is 55.4 Å². The molecule has 3 rings (SSSR count). The Labute approximate surface area is 254 Å². The van der Waals surface area contributed by atoms with Gasteiger partial charge in [0.15, 0.2) is 8.32 Å². The van der Waals surface area contributed by atoms with Crippen molar-refractivity contribution in [1.29, 1.82) is 0 Å². The van der Waals surface area contributed by atoms with E-state index >= 15 is 0 Å². The normalized spacial score (nSPS) is 15.6. The SMILES string of the molecule is CC(C)(Cc1cccc(CC(=O)NCCCN2CCCC2)c1)NC[C@H](CC(C)(C)[Si](C)(C)O)c1ccc(O)c(CO)c1. The topological polar surface area (TPSA) is 105 Å². The molecule has 0 bridgehead atoms. The van der Waals surface area contributed by atoms with Crippen LogP contribution in [0.4, 0.5) is 0 Å². The first kappa shape index (κ1) is 34.3. The molecule has 0 aliphatic carbocycles. The van der Waals surface area contributed by atoms with E-state index in [1.807, 2.05) is 37.4 Å². The number of carbonyl (C=O) groups is 1. The van der Waals surface area contributed by atoms with Crippen molar-refractivity contribution in [1.82, 2.24) is 15.5 Å². The molecule has 7 nitrogen and oxygen atoms in total. The molecule has 234 valence electrons. The molecule has 42 heavy (non-hydrogen) atoms. The maximum Gasteiger partial charge on any atom is 0.224 e. The molecule has 0 unspecified atom stereocenters. The van der Waals surface area contributed by atoms with Crippen LogP contribution in [0.2, 0.25) is 18.1 Å². The van der Waals surface area contributed by atoms with Crippen LogP contribution in [-0.2, 0) is 24.2 Å². The number of rotatable bonds is 16. The average molecular weight is 598 g/mol. The molecule has 0 spiro atoms. The van der Waals surface area contributed by atoms with E-state index in [-0.39, 0.29) is 34.8 Å². The maximum absolute atomic E-state index is 12.6. The zero-order valence-corrected chi connectivity index (χ0v) is 27.8. The van der Waals surface area contributed by atoms with Gasteiger partial charge in [0.05, 0.1) is 13.0 Å². The Morgan fingerprint density at radius 1 is 1.05 bits per heavy atom. The van der Waals surface area contributed by atoms with Gasteiger partial charge in [-0.1, -0.05) is 44.2 Å². The van der Waals surface area contributed by atoms with Crippen LogP contribution in [0, 0.1) is 0 Å². The predicted molar refractivity (Wildman–Crippen MR) is 174 cm³/mol. The lowest BCUT2D eigenvalue weighted by Gasteiger charge is -2.39. The minimum atomic E-state index is -2.45. The van der Waals surface area contributed by atoms with Crippen LogP contribution in [0.15, 0.2) is 42.5 Å². The monoisotopic (exact) mass is 597 g/mol. The standard InChI is InChI=1S/C34H55N3O4Si/c1-33(2,22-27-12-9-11-26(19-27)20-32(40)35-15-10-18-37-16-7-8-17-37)36-24-30(23-34(3,4)42(5,6)41)28-13-14-31(39)29(21-28)25-38/h9,11-14,19,21,30,36,38-39,41H,7-8,10,15-18,20,22-25H2,1-6H3,(H,35,40)/t30-/m0/s1. The van der Waals surface area contributed by atoms with Crippen molar-refractivity contribution in [2.24, 2.45) is 0 Å². The Bertz CT molecular complexity index is 1160. The molecule has 0 aromatic heterocycles. The van der Waals surface area contributed by atoms with Crippen molar-refractivity contribution in [3.63, 3.8) is 0 Å². The maximum atomic E-state index is 12.6. The molecule has 0 radical (unpaired) electrons. The lowest BCUT2D eigenvalue weighted by Crippen LogP contribution is -2.45. The number of carbonyl (C=O) groups excluding carboxylic acids is 1. The number of hydrogen-bond acceptors (Lipinski definition) is 6. The Balaban J connectivity index is 1.61. The van der Waals surface area contributed by atoms with Gasteiger partial charge in [0.1, 0.15) is 5.75 Å². The van der Waals surface area contributed by atoms with Gasteiger partial charge >= 0.3 is 0 Å². The van der Waals surface area contributed by atoms with E-state index in [0.29, 0.717) is 18.5 Å². The lowest BCUT2D eigenvalue weighted by molar-refractivity contribution is -0.120. The van der Waals surface area contributed by atoms with E-state index in [1.165, 1.54) is 31.5 Å². The van der Waals surface area contributed by atoms with Gasteiger partial charge in [-0.15, -0.1) is 0 Å². The van der Waals surface area contributed by atoms with Gasteiger partial charge in [0.25, 0.3) is 0 Å². The van der Waals surface area contributed by atoms with Gasteiger partial charge in [0.2, 0.25) is 5.91 Å². The van der Waals surface area contributed by atoms with Crippen LogP contribution < -0.4 is 10.6 Å². The van der Waals surface area contributed by atoms with Crippen molar-refractivity contribution < 1.29 is 19.8 Å². The number of nitrogens with one attached hydrogen (secondary N) is 2. The second-order valence-electron chi connectivity index (χ2n) is 14.1. The fourth-order valence-corrected chi connectivity index (χ4v) is 6.51. The minimum absolute atomic E-state index is 0.0721. The molecule has 1 fully saturated rings. The molecule has 5 N–H and O–H groups in total. The number of hydrogen-bond donors (Lipinski definition) is 5. The second kappa shape index (κ2) is 15.0. The minimum Gasteiger partial charge on any atom is -0.508 e. The Kier molecular flexibility index (Phi) is 12.2. The summed E-state index contributed by atoms with van der Waals surface area (Å²) in [7, 11) is -2.45. The summed E-state index contributed by atoms with van der Waals surface area (Å²) in [5.41, 5.74) is 3.54. The molecule has 8 heteroatoms. The molecule has 1 amide bonds. The summed E-state index contributed by atoms with van der Waals surface area (Å²) in [6.45, 7) is 17.3. The molecule has 1 heterocycles. The van der Waals surface area contributed by atoms with E-state index in [1.54, 1.807) is 6.07 Å². The highest BCUT2D eigenvalue weighted by molar-refractivity contribution is 6.72. The smallest absolute Gasteiger partial charge is 0.224 e. The van der Waals surface area contributed by atoms with Gasteiger partial charge in [-0.25, -0.2) is 0 Å². The van der Waals surface area contributed by atoms with Gasteiger partial charge in [-0.2, -0.15) is 0 Å². The summed E-state index contributed by atoms with van der Waals surface area (Å²) in [6.07, 6.45) is 5.54. The number of aliphatic hydroxyl groups excluding tert-OH is 1. The quantitative estimate of drug-likeness (QED) is 0.136. The molecule has 0 saturated carbocycles. The van der Waals surface area contributed by atoms with Crippen LogP contribution in [0.25, 0.3) is 0 Å². The fraction of sp³-hybridized carbons (Fsp3) is 0.618. The first-order valence-corrected chi connectivity index (χ1v) is 18.6. The number of benzene rings is 2. The fourth-order valence-electron chi connectivity index (χ4n) is 5.77. The first-order chi connectivity index (χ1) is 19.7. The highest BCUT2D eigenvalue weighted by Crippen LogP contribution is 2.44. The molecule has 2 aromatic carbocycles. The third kappa shape index (κ3) is 10.5. The number of aliphatic hydroxyl groups is 1. The second-order valence-corrected chi connectivity index (χ2v) is 18.6. The first-order valence-electron chi connectivity index (χ1n) is 15.7. The summed E-state index contributed by atoms with van der Waals surface area (Å²) >= 11 is 0. The summed E-state index contributed by atoms with van der Waals surface area (Å²) < 4.78 is 0. The Hall–Kier alpha value is -2.23. The zero-order valence-electron chi connectivity index (χ0n) is 26.8. The van der Waals surface area contributed by atoms with Crippen molar-refractivity contribution >= 4 is 14.2 Å². The van der Waals surface area contributed by atoms with Crippen LogP contribution in [0.5, 0.6) is 5.75 Å². The van der Waals surface area contributed by atoms with Crippen molar-refractivity contribution in [2.45, 2.75) is 102 Å². The number of amides is 1. The third-order valence-electron chi connectivity index (χ3n) is 9.16. The number of aromatic hydroxyl groups is 1. The lowest BCUT2D eigenvalue weighted by atomic mass is 9.87. The zero-order chi connectivity index (χ0) is 31.0. The van der Waals surface area contributed by atoms with Gasteiger partial charge in [-0.05, 0) is 118 Å². The summed E-state index contributed by atoms with van der Waals surface area (Å²) in [4.78, 5) is 26.1. The van der Waals surface area contributed by atoms with Gasteiger partial charge in [-0.3, -0.25) is 4.79 Å². The summed E-state index contributed by atoms with van der Waals surface area (Å²) in [6, 6.07) is 13.8. The van der Waals surface area contributed by atoms with E-state index < -0.39 is 8.32 Å². The van der Waals surface area contributed by atoms with E-state index in [0.717, 1.165) is 43.5 Å². The van der Waals surface area contributed by atoms with Crippen molar-refractivity contribution in [3.8, 4) is 5.75 Å². The van der Waals surface area contributed by atoms with E-state index in [9.17, 15) is 19.8 Å². The number of likely N-dealkylation sites (tertiary alicyclic amines) is 1. The molecule has 1 atom stereocenters. The number of phenols is 1. The molecular formula is C34H55N3O4Si. The Morgan fingerprint density at radius 2 is 1.74 bits per heavy atom. The van der Waals surface area contributed by atoms with Crippen LogP contribution in [0.3, 0.4) is 0 Å². The summed E-state index contributed by atoms with van der Waals surface area (Å²) in [5.74, 6) is 0.257. The average Bonchev–Trinajstić information content (AvgIpc) is 3.42. The summed E-state index contributed by atoms with van der Waals surface area (Å²) in [5, 5.41) is 26.5. The van der Waals surface area contributed by atoms with Crippen molar-refractivity contribution in [2.75, 3.05) is 32.7 Å². The predicted octanol–water partition coefficient (Wildman–Crippen LogP) is 5.09. The van der Waals surface area contributed by atoms with Crippen LogP contribution in [-0.4, -0.2) is 72.4 Å². The molecular weight excluding hydrogens is 542 g/mol. The molecule has 2 aromatic rings. The highest BCUT2D eigenvalue weighted by Gasteiger charge is 2.40. The molecule has 1 saturated heterocycles. The Morgan fingerprint density at radius 3 is 2.40 bits per heavy atom. The highest BCUT2D eigenvalue weighted by atomic mass is 28.4. The molecule has 1 aliphatic rings. The van der Waals surface area contributed by atoms with E-state index in [4.69, 9.17) is 0 Å². The largest absolute Gasteiger partial charge is 0.508 e. The molecule has 1 aliphatic heterocycles.